The molecule has 0 bridgehead atoms. The Labute approximate surface area is 181 Å². The fourth-order valence-electron chi connectivity index (χ4n) is 4.08. The maximum absolute atomic E-state index is 13.2. The fraction of sp³-hybridized carbons (Fsp3) is 0.364. The number of nitrogens with two attached hydrogens (primary N) is 1. The highest BCUT2D eigenvalue weighted by Crippen LogP contribution is 2.38. The number of rotatable bonds is 3. The number of hydrogen-bond acceptors (Lipinski definition) is 4. The SMILES string of the molecule is Cc1nc(NC(C)c2cc(N)cc(C(F)(F)F)c2)c2cc(Br)c3c(c2n1)CCCC3. The molecule has 1 aliphatic carbocycles. The first kappa shape index (κ1) is 20.9. The molecule has 0 amide bonds. The molecule has 4 nitrogen and oxygen atoms in total. The summed E-state index contributed by atoms with van der Waals surface area (Å²) in [5.74, 6) is 1.23. The third-order valence-corrected chi connectivity index (χ3v) is 6.24. The number of alkyl halides is 3. The first-order valence-electron chi connectivity index (χ1n) is 9.86. The van der Waals surface area contributed by atoms with Crippen LogP contribution in [0, 0.1) is 6.92 Å². The fourth-order valence-corrected chi connectivity index (χ4v) is 4.75. The number of aromatic nitrogens is 2. The molecule has 3 aromatic rings. The molecule has 3 N–H and O–H groups in total. The summed E-state index contributed by atoms with van der Waals surface area (Å²) in [4.78, 5) is 9.24. The molecular formula is C22H22BrF3N4. The van der Waals surface area contributed by atoms with Crippen molar-refractivity contribution in [1.82, 2.24) is 9.97 Å². The van der Waals surface area contributed by atoms with Gasteiger partial charge >= 0.3 is 6.18 Å². The van der Waals surface area contributed by atoms with Gasteiger partial charge in [-0.3, -0.25) is 0 Å². The molecule has 1 unspecified atom stereocenters. The molecule has 30 heavy (non-hydrogen) atoms. The molecule has 2 aromatic carbocycles. The van der Waals surface area contributed by atoms with Gasteiger partial charge in [-0.05, 0) is 80.5 Å². The lowest BCUT2D eigenvalue weighted by Gasteiger charge is -2.22. The van der Waals surface area contributed by atoms with Gasteiger partial charge in [0.15, 0.2) is 0 Å². The van der Waals surface area contributed by atoms with Crippen molar-refractivity contribution in [1.29, 1.82) is 0 Å². The highest BCUT2D eigenvalue weighted by Gasteiger charge is 2.31. The van der Waals surface area contributed by atoms with E-state index in [0.717, 1.165) is 53.2 Å². The predicted molar refractivity (Wildman–Crippen MR) is 117 cm³/mol. The lowest BCUT2D eigenvalue weighted by molar-refractivity contribution is -0.137. The zero-order valence-corrected chi connectivity index (χ0v) is 18.3. The number of fused-ring (bicyclic) bond motifs is 3. The van der Waals surface area contributed by atoms with Crippen molar-refractivity contribution >= 4 is 38.3 Å². The van der Waals surface area contributed by atoms with E-state index in [4.69, 9.17) is 10.7 Å². The number of nitrogens with one attached hydrogen (secondary N) is 1. The van der Waals surface area contributed by atoms with Crippen LogP contribution in [0.4, 0.5) is 24.7 Å². The first-order chi connectivity index (χ1) is 14.1. The van der Waals surface area contributed by atoms with Gasteiger partial charge in [-0.2, -0.15) is 13.2 Å². The number of anilines is 2. The van der Waals surface area contributed by atoms with E-state index < -0.39 is 17.8 Å². The van der Waals surface area contributed by atoms with Gasteiger partial charge in [0.05, 0.1) is 17.1 Å². The number of benzene rings is 2. The van der Waals surface area contributed by atoms with Crippen molar-refractivity contribution in [2.24, 2.45) is 0 Å². The van der Waals surface area contributed by atoms with Gasteiger partial charge in [-0.1, -0.05) is 15.9 Å². The monoisotopic (exact) mass is 478 g/mol. The lowest BCUT2D eigenvalue weighted by atomic mass is 9.89. The van der Waals surface area contributed by atoms with E-state index in [2.05, 4.69) is 26.2 Å². The molecule has 1 aromatic heterocycles. The summed E-state index contributed by atoms with van der Waals surface area (Å²) < 4.78 is 40.6. The molecule has 1 aliphatic rings. The minimum absolute atomic E-state index is 0.0778. The quantitative estimate of drug-likeness (QED) is 0.430. The summed E-state index contributed by atoms with van der Waals surface area (Å²) in [5.41, 5.74) is 8.94. The molecule has 0 fully saturated rings. The molecule has 4 rings (SSSR count). The van der Waals surface area contributed by atoms with E-state index in [1.54, 1.807) is 13.0 Å². The van der Waals surface area contributed by atoms with E-state index in [-0.39, 0.29) is 5.69 Å². The van der Waals surface area contributed by atoms with E-state index in [0.29, 0.717) is 17.2 Å². The first-order valence-corrected chi connectivity index (χ1v) is 10.7. The Morgan fingerprint density at radius 3 is 2.47 bits per heavy atom. The molecule has 1 atom stereocenters. The molecule has 0 aliphatic heterocycles. The second-order valence-electron chi connectivity index (χ2n) is 7.79. The zero-order chi connectivity index (χ0) is 21.6. The van der Waals surface area contributed by atoms with Crippen LogP contribution < -0.4 is 11.1 Å². The maximum Gasteiger partial charge on any atom is 0.416 e. The predicted octanol–water partition coefficient (Wildman–Crippen LogP) is 6.35. The van der Waals surface area contributed by atoms with Crippen molar-refractivity contribution in [3.05, 3.63) is 56.8 Å². The Bertz CT molecular complexity index is 1130. The average Bonchev–Trinajstić information content (AvgIpc) is 2.68. The molecule has 0 saturated carbocycles. The number of nitrogens with zero attached hydrogens (tertiary/aromatic N) is 2. The van der Waals surface area contributed by atoms with Crippen LogP contribution >= 0.6 is 15.9 Å². The number of aryl methyl sites for hydroxylation is 2. The summed E-state index contributed by atoms with van der Waals surface area (Å²) in [6, 6.07) is 5.21. The molecule has 0 radical (unpaired) electrons. The van der Waals surface area contributed by atoms with Gasteiger partial charge in [0.25, 0.3) is 0 Å². The maximum atomic E-state index is 13.2. The van der Waals surface area contributed by atoms with Gasteiger partial charge in [0, 0.05) is 15.5 Å². The Hall–Kier alpha value is -2.35. The highest BCUT2D eigenvalue weighted by atomic mass is 79.9. The normalized spacial score (nSPS) is 15.1. The summed E-state index contributed by atoms with van der Waals surface area (Å²) >= 11 is 3.68. The van der Waals surface area contributed by atoms with Crippen LogP contribution in [0.2, 0.25) is 0 Å². The summed E-state index contributed by atoms with van der Waals surface area (Å²) in [7, 11) is 0. The largest absolute Gasteiger partial charge is 0.416 e. The third kappa shape index (κ3) is 3.97. The molecular weight excluding hydrogens is 457 g/mol. The molecule has 0 spiro atoms. The topological polar surface area (TPSA) is 63.8 Å². The van der Waals surface area contributed by atoms with E-state index in [9.17, 15) is 13.2 Å². The average molecular weight is 479 g/mol. The van der Waals surface area contributed by atoms with Crippen LogP contribution in [0.25, 0.3) is 10.9 Å². The van der Waals surface area contributed by atoms with Crippen LogP contribution in [0.1, 0.15) is 53.9 Å². The molecule has 0 saturated heterocycles. The second-order valence-corrected chi connectivity index (χ2v) is 8.64. The van der Waals surface area contributed by atoms with Crippen molar-refractivity contribution < 1.29 is 13.2 Å². The smallest absolute Gasteiger partial charge is 0.399 e. The van der Waals surface area contributed by atoms with Crippen LogP contribution in [0.5, 0.6) is 0 Å². The van der Waals surface area contributed by atoms with Gasteiger partial charge in [0.2, 0.25) is 0 Å². The minimum Gasteiger partial charge on any atom is -0.399 e. The van der Waals surface area contributed by atoms with E-state index in [1.165, 1.54) is 11.1 Å². The Kier molecular flexibility index (Phi) is 5.38. The van der Waals surface area contributed by atoms with Crippen LogP contribution in [0.15, 0.2) is 28.7 Å². The van der Waals surface area contributed by atoms with Gasteiger partial charge in [0.1, 0.15) is 11.6 Å². The number of hydrogen-bond donors (Lipinski definition) is 2. The van der Waals surface area contributed by atoms with Crippen LogP contribution in [-0.2, 0) is 19.0 Å². The Morgan fingerprint density at radius 1 is 1.07 bits per heavy atom. The summed E-state index contributed by atoms with van der Waals surface area (Å²) in [6.45, 7) is 3.63. The van der Waals surface area contributed by atoms with Crippen molar-refractivity contribution in [2.45, 2.75) is 51.7 Å². The van der Waals surface area contributed by atoms with Crippen molar-refractivity contribution in [3.8, 4) is 0 Å². The van der Waals surface area contributed by atoms with Gasteiger partial charge in [-0.25, -0.2) is 9.97 Å². The van der Waals surface area contributed by atoms with Gasteiger partial charge in [-0.15, -0.1) is 0 Å². The van der Waals surface area contributed by atoms with Crippen LogP contribution in [0.3, 0.4) is 0 Å². The van der Waals surface area contributed by atoms with E-state index >= 15 is 0 Å². The van der Waals surface area contributed by atoms with Crippen LogP contribution in [-0.4, -0.2) is 9.97 Å². The summed E-state index contributed by atoms with van der Waals surface area (Å²) in [6.07, 6.45) is -0.213. The number of nitrogen functional groups attached to an aromatic ring is 1. The minimum atomic E-state index is -4.45. The number of halogens is 4. The Balaban J connectivity index is 1.78. The highest BCUT2D eigenvalue weighted by molar-refractivity contribution is 9.10. The molecule has 158 valence electrons. The third-order valence-electron chi connectivity index (χ3n) is 5.53. The van der Waals surface area contributed by atoms with Crippen molar-refractivity contribution in [3.63, 3.8) is 0 Å². The van der Waals surface area contributed by atoms with Gasteiger partial charge < -0.3 is 11.1 Å². The molecule has 1 heterocycles. The second kappa shape index (κ2) is 7.72. The lowest BCUT2D eigenvalue weighted by Crippen LogP contribution is -2.13. The summed E-state index contributed by atoms with van der Waals surface area (Å²) in [5, 5.41) is 4.15. The van der Waals surface area contributed by atoms with Crippen molar-refractivity contribution in [2.75, 3.05) is 11.1 Å². The standard InChI is InChI=1S/C22H22BrF3N4/c1-11(13-7-14(22(24,25)26)9-15(27)8-13)28-21-18-10-19(23)16-5-3-4-6-17(16)20(18)29-12(2)30-21/h7-11H,3-6,27H2,1-2H3,(H,28,29,30). The Morgan fingerprint density at radius 2 is 1.77 bits per heavy atom. The molecule has 8 heteroatoms. The van der Waals surface area contributed by atoms with E-state index in [1.807, 2.05) is 13.0 Å². The zero-order valence-electron chi connectivity index (χ0n) is 16.7.